The summed E-state index contributed by atoms with van der Waals surface area (Å²) in [6.45, 7) is -0.172. The molecule has 0 unspecified atom stereocenters. The molecule has 1 aliphatic heterocycles. The normalized spacial score (nSPS) is 25.8. The number of aliphatic hydroxyl groups excluding tert-OH is 1. The van der Waals surface area contributed by atoms with E-state index in [0.717, 1.165) is 0 Å². The van der Waals surface area contributed by atoms with Gasteiger partial charge in [-0.15, -0.1) is 0 Å². The fraction of sp³-hybridized carbons (Fsp3) is 0.500. The summed E-state index contributed by atoms with van der Waals surface area (Å²) in [7, 11) is 0. The molecule has 3 heterocycles. The molecule has 0 saturated carbocycles. The first-order valence-corrected chi connectivity index (χ1v) is 5.95. The zero-order chi connectivity index (χ0) is 14.1. The molecule has 2 aromatic rings. The summed E-state index contributed by atoms with van der Waals surface area (Å²) >= 11 is 0. The van der Waals surface area contributed by atoms with Crippen molar-refractivity contribution in [3.8, 4) is 0 Å². The molecule has 0 aliphatic carbocycles. The first-order chi connectivity index (χ1) is 9.74. The third kappa shape index (κ3) is 1.92. The van der Waals surface area contributed by atoms with Crippen LogP contribution in [0.15, 0.2) is 22.6 Å². The van der Waals surface area contributed by atoms with Crippen molar-refractivity contribution in [1.29, 1.82) is 0 Å². The molecule has 10 heteroatoms. The quantitative estimate of drug-likeness (QED) is 0.464. The molecule has 10 nitrogen and oxygen atoms in total. The molecule has 2 N–H and O–H groups in total. The SMILES string of the molecule is [N-]=[N+]=N[C@@H]1C[C@@H](CO)O[C@H]1n1cnc2c(=O)[nH]cnc21. The second kappa shape index (κ2) is 4.93. The van der Waals surface area contributed by atoms with E-state index in [2.05, 4.69) is 25.0 Å². The molecule has 0 spiro atoms. The number of aromatic amines is 1. The minimum absolute atomic E-state index is 0.172. The fourth-order valence-corrected chi connectivity index (χ4v) is 2.32. The number of fused-ring (bicyclic) bond motifs is 1. The van der Waals surface area contributed by atoms with Gasteiger partial charge in [-0.1, -0.05) is 5.11 Å². The predicted octanol–water partition coefficient (Wildman–Crippen LogP) is 0.0783. The highest BCUT2D eigenvalue weighted by molar-refractivity contribution is 5.68. The molecule has 20 heavy (non-hydrogen) atoms. The third-order valence-corrected chi connectivity index (χ3v) is 3.21. The fourth-order valence-electron chi connectivity index (χ4n) is 2.32. The van der Waals surface area contributed by atoms with E-state index in [4.69, 9.17) is 15.4 Å². The summed E-state index contributed by atoms with van der Waals surface area (Å²) < 4.78 is 7.17. The van der Waals surface area contributed by atoms with Gasteiger partial charge in [0.1, 0.15) is 6.23 Å². The number of aromatic nitrogens is 4. The van der Waals surface area contributed by atoms with Crippen LogP contribution in [0.5, 0.6) is 0 Å². The Hall–Kier alpha value is -2.42. The Morgan fingerprint density at radius 2 is 2.50 bits per heavy atom. The van der Waals surface area contributed by atoms with E-state index in [1.807, 2.05) is 0 Å². The average molecular weight is 277 g/mol. The van der Waals surface area contributed by atoms with Gasteiger partial charge in [0.15, 0.2) is 11.2 Å². The largest absolute Gasteiger partial charge is 0.394 e. The van der Waals surface area contributed by atoms with Crippen LogP contribution in [0.3, 0.4) is 0 Å². The van der Waals surface area contributed by atoms with Crippen molar-refractivity contribution < 1.29 is 9.84 Å². The number of aliphatic hydroxyl groups is 1. The van der Waals surface area contributed by atoms with Crippen molar-refractivity contribution in [1.82, 2.24) is 19.5 Å². The van der Waals surface area contributed by atoms with Crippen molar-refractivity contribution in [3.05, 3.63) is 33.5 Å². The van der Waals surface area contributed by atoms with Crippen LogP contribution in [0.25, 0.3) is 21.6 Å². The van der Waals surface area contributed by atoms with Gasteiger partial charge in [0.05, 0.1) is 31.4 Å². The number of nitrogens with zero attached hydrogens (tertiary/aromatic N) is 6. The lowest BCUT2D eigenvalue weighted by Crippen LogP contribution is -2.18. The summed E-state index contributed by atoms with van der Waals surface area (Å²) in [5.74, 6) is 0. The van der Waals surface area contributed by atoms with Crippen molar-refractivity contribution in [3.63, 3.8) is 0 Å². The van der Waals surface area contributed by atoms with E-state index < -0.39 is 18.4 Å². The van der Waals surface area contributed by atoms with Gasteiger partial charge in [-0.2, -0.15) is 0 Å². The van der Waals surface area contributed by atoms with Crippen LogP contribution in [0, 0.1) is 0 Å². The van der Waals surface area contributed by atoms with Crippen LogP contribution in [0.2, 0.25) is 0 Å². The maximum absolute atomic E-state index is 11.6. The minimum atomic E-state index is -0.637. The number of imidazole rings is 1. The summed E-state index contributed by atoms with van der Waals surface area (Å²) in [6, 6.07) is -0.490. The Morgan fingerprint density at radius 3 is 3.25 bits per heavy atom. The number of H-pyrrole nitrogens is 1. The lowest BCUT2D eigenvalue weighted by atomic mass is 10.2. The third-order valence-electron chi connectivity index (χ3n) is 3.21. The number of ether oxygens (including phenoxy) is 1. The number of hydrogen-bond acceptors (Lipinski definition) is 6. The summed E-state index contributed by atoms with van der Waals surface area (Å²) in [5, 5.41) is 12.8. The predicted molar refractivity (Wildman–Crippen MR) is 66.7 cm³/mol. The molecule has 0 amide bonds. The number of hydrogen-bond donors (Lipinski definition) is 2. The monoisotopic (exact) mass is 277 g/mol. The lowest BCUT2D eigenvalue weighted by Gasteiger charge is -2.16. The van der Waals surface area contributed by atoms with Crippen LogP contribution >= 0.6 is 0 Å². The van der Waals surface area contributed by atoms with Gasteiger partial charge >= 0.3 is 0 Å². The van der Waals surface area contributed by atoms with Crippen molar-refractivity contribution >= 4 is 11.2 Å². The highest BCUT2D eigenvalue weighted by atomic mass is 16.5. The minimum Gasteiger partial charge on any atom is -0.394 e. The maximum Gasteiger partial charge on any atom is 0.278 e. The molecule has 0 radical (unpaired) electrons. The highest BCUT2D eigenvalue weighted by Gasteiger charge is 2.36. The summed E-state index contributed by atoms with van der Waals surface area (Å²) in [6.07, 6.45) is 2.02. The van der Waals surface area contributed by atoms with Crippen LogP contribution < -0.4 is 5.56 Å². The molecular weight excluding hydrogens is 266 g/mol. The number of azide groups is 1. The molecule has 0 bridgehead atoms. The molecule has 3 rings (SSSR count). The van der Waals surface area contributed by atoms with E-state index >= 15 is 0 Å². The number of rotatable bonds is 3. The zero-order valence-electron chi connectivity index (χ0n) is 10.2. The van der Waals surface area contributed by atoms with E-state index in [1.165, 1.54) is 12.7 Å². The molecule has 2 aromatic heterocycles. The van der Waals surface area contributed by atoms with Crippen molar-refractivity contribution in [2.24, 2.45) is 5.11 Å². The molecular formula is C10H11N7O3. The van der Waals surface area contributed by atoms with Gasteiger partial charge in [-0.25, -0.2) is 9.97 Å². The Balaban J connectivity index is 2.07. The Morgan fingerprint density at radius 1 is 1.65 bits per heavy atom. The van der Waals surface area contributed by atoms with Crippen molar-refractivity contribution in [2.75, 3.05) is 6.61 Å². The van der Waals surface area contributed by atoms with Crippen LogP contribution in [-0.2, 0) is 4.74 Å². The Kier molecular flexibility index (Phi) is 3.11. The van der Waals surface area contributed by atoms with E-state index in [1.54, 1.807) is 4.57 Å². The smallest absolute Gasteiger partial charge is 0.278 e. The highest BCUT2D eigenvalue weighted by Crippen LogP contribution is 2.32. The summed E-state index contributed by atoms with van der Waals surface area (Å²) in [5.41, 5.74) is 8.77. The second-order valence-electron chi connectivity index (χ2n) is 4.39. The average Bonchev–Trinajstić information content (AvgIpc) is 3.03. The van der Waals surface area contributed by atoms with Gasteiger partial charge in [0, 0.05) is 4.91 Å². The molecule has 1 fully saturated rings. The van der Waals surface area contributed by atoms with Gasteiger partial charge in [0.25, 0.3) is 5.56 Å². The second-order valence-corrected chi connectivity index (χ2v) is 4.39. The number of nitrogens with one attached hydrogen (secondary N) is 1. The maximum atomic E-state index is 11.6. The van der Waals surface area contributed by atoms with Crippen LogP contribution in [-0.4, -0.2) is 43.4 Å². The summed E-state index contributed by atoms with van der Waals surface area (Å²) in [4.78, 5) is 24.9. The Bertz CT molecular complexity index is 732. The van der Waals surface area contributed by atoms with E-state index in [9.17, 15) is 4.79 Å². The van der Waals surface area contributed by atoms with Crippen LogP contribution in [0.1, 0.15) is 12.6 Å². The van der Waals surface area contributed by atoms with Gasteiger partial charge in [-0.3, -0.25) is 9.36 Å². The zero-order valence-corrected chi connectivity index (χ0v) is 10.2. The molecule has 3 atom stereocenters. The van der Waals surface area contributed by atoms with Gasteiger partial charge in [0.2, 0.25) is 0 Å². The Labute approximate surface area is 111 Å². The topological polar surface area (TPSA) is 142 Å². The van der Waals surface area contributed by atoms with E-state index in [0.29, 0.717) is 12.1 Å². The van der Waals surface area contributed by atoms with Gasteiger partial charge < -0.3 is 14.8 Å². The molecule has 1 saturated heterocycles. The van der Waals surface area contributed by atoms with Crippen LogP contribution in [0.4, 0.5) is 0 Å². The lowest BCUT2D eigenvalue weighted by molar-refractivity contribution is -0.0239. The first-order valence-electron chi connectivity index (χ1n) is 5.95. The molecule has 1 aliphatic rings. The van der Waals surface area contributed by atoms with Crippen molar-refractivity contribution in [2.45, 2.75) is 24.8 Å². The standard InChI is InChI=1S/C10H11N7O3/c11-16-15-6-1-5(2-18)20-10(6)17-4-14-7-8(17)12-3-13-9(7)19/h3-6,10,18H,1-2H2,(H,12,13,19)/t5-,6+,10+/m0/s1. The molecule has 0 aromatic carbocycles. The van der Waals surface area contributed by atoms with Gasteiger partial charge in [-0.05, 0) is 12.0 Å². The molecule has 104 valence electrons. The first kappa shape index (κ1) is 12.6. The van der Waals surface area contributed by atoms with E-state index in [-0.39, 0.29) is 17.7 Å².